The second-order valence-electron chi connectivity index (χ2n) is 1.82. The number of aryl methyl sites for hydroxylation is 1. The predicted molar refractivity (Wildman–Crippen MR) is 38.9 cm³/mol. The van der Waals surface area contributed by atoms with E-state index in [9.17, 15) is 0 Å². The molecule has 1 heterocycles. The van der Waals surface area contributed by atoms with Crippen LogP contribution in [-0.4, -0.2) is 9.97 Å². The Balaban J connectivity index is 3.50. The van der Waals surface area contributed by atoms with Gasteiger partial charge in [-0.15, -0.1) is 0 Å². The summed E-state index contributed by atoms with van der Waals surface area (Å²) in [4.78, 5) is 6.54. The van der Waals surface area contributed by atoms with Crippen molar-refractivity contribution in [3.8, 4) is 6.07 Å². The molecule has 0 atom stereocenters. The highest BCUT2D eigenvalue weighted by molar-refractivity contribution is 7.71. The normalized spacial score (nSPS) is 8.80. The van der Waals surface area contributed by atoms with Crippen molar-refractivity contribution in [1.82, 2.24) is 9.97 Å². The van der Waals surface area contributed by atoms with Gasteiger partial charge in [0.15, 0.2) is 0 Å². The van der Waals surface area contributed by atoms with E-state index < -0.39 is 0 Å². The van der Waals surface area contributed by atoms with E-state index in [1.54, 1.807) is 6.92 Å². The lowest BCUT2D eigenvalue weighted by molar-refractivity contribution is 1.07. The Kier molecular flexibility index (Phi) is 1.78. The van der Waals surface area contributed by atoms with Crippen LogP contribution in [-0.2, 0) is 0 Å². The maximum atomic E-state index is 8.52. The second kappa shape index (κ2) is 2.58. The third kappa shape index (κ3) is 1.04. The van der Waals surface area contributed by atoms with E-state index in [1.807, 2.05) is 6.07 Å². The minimum atomic E-state index is 0.360. The van der Waals surface area contributed by atoms with Crippen LogP contribution >= 0.6 is 12.2 Å². The van der Waals surface area contributed by atoms with Gasteiger partial charge in [-0.1, -0.05) is 12.2 Å². The standard InChI is InChI=1S/C6H5N3S/c1-4-5(2-7)6(10)9-3-8-4/h3H,1H3,(H,8,9,10). The van der Waals surface area contributed by atoms with Gasteiger partial charge in [0.2, 0.25) is 0 Å². The monoisotopic (exact) mass is 151 g/mol. The van der Waals surface area contributed by atoms with Crippen LogP contribution < -0.4 is 0 Å². The van der Waals surface area contributed by atoms with Gasteiger partial charge < -0.3 is 4.98 Å². The second-order valence-corrected chi connectivity index (χ2v) is 2.21. The molecule has 0 bridgehead atoms. The molecule has 0 aliphatic carbocycles. The fourth-order valence-corrected chi connectivity index (χ4v) is 0.868. The van der Waals surface area contributed by atoms with Crippen LogP contribution in [0.3, 0.4) is 0 Å². The molecule has 0 aliphatic heterocycles. The number of aromatic amines is 1. The fraction of sp³-hybridized carbons (Fsp3) is 0.167. The summed E-state index contributed by atoms with van der Waals surface area (Å²) >= 11 is 4.79. The van der Waals surface area contributed by atoms with Crippen LogP contribution in [0.2, 0.25) is 0 Å². The van der Waals surface area contributed by atoms with Crippen molar-refractivity contribution in [2.75, 3.05) is 0 Å². The molecule has 0 amide bonds. The Morgan fingerprint density at radius 2 is 2.50 bits per heavy atom. The van der Waals surface area contributed by atoms with Gasteiger partial charge in [-0.05, 0) is 6.92 Å². The summed E-state index contributed by atoms with van der Waals surface area (Å²) < 4.78 is 0.360. The first-order valence-electron chi connectivity index (χ1n) is 2.70. The number of hydrogen-bond acceptors (Lipinski definition) is 3. The largest absolute Gasteiger partial charge is 0.349 e. The molecule has 4 heteroatoms. The Labute approximate surface area is 63.4 Å². The molecule has 1 aromatic heterocycles. The first-order chi connectivity index (χ1) is 4.75. The van der Waals surface area contributed by atoms with Gasteiger partial charge in [-0.2, -0.15) is 5.26 Å². The van der Waals surface area contributed by atoms with Gasteiger partial charge in [0, 0.05) is 5.69 Å². The highest BCUT2D eigenvalue weighted by Gasteiger charge is 1.96. The molecule has 0 unspecified atom stereocenters. The van der Waals surface area contributed by atoms with Gasteiger partial charge in [-0.3, -0.25) is 0 Å². The molecular weight excluding hydrogens is 146 g/mol. The number of nitriles is 1. The Bertz CT molecular complexity index is 334. The van der Waals surface area contributed by atoms with Crippen LogP contribution in [0.5, 0.6) is 0 Å². The molecule has 0 saturated heterocycles. The number of H-pyrrole nitrogens is 1. The summed E-state index contributed by atoms with van der Waals surface area (Å²) in [7, 11) is 0. The Hall–Kier alpha value is -1.21. The highest BCUT2D eigenvalue weighted by atomic mass is 32.1. The summed E-state index contributed by atoms with van der Waals surface area (Å²) in [6.45, 7) is 1.79. The minimum Gasteiger partial charge on any atom is -0.349 e. The lowest BCUT2D eigenvalue weighted by Crippen LogP contribution is -1.89. The van der Waals surface area contributed by atoms with E-state index in [0.717, 1.165) is 5.69 Å². The molecule has 0 saturated carbocycles. The number of hydrogen-bond donors (Lipinski definition) is 1. The van der Waals surface area contributed by atoms with Crippen molar-refractivity contribution < 1.29 is 0 Å². The summed E-state index contributed by atoms with van der Waals surface area (Å²) in [5, 5.41) is 8.52. The van der Waals surface area contributed by atoms with Crippen LogP contribution in [0, 0.1) is 22.9 Å². The molecule has 0 fully saturated rings. The van der Waals surface area contributed by atoms with Gasteiger partial charge in [0.05, 0.1) is 6.33 Å². The molecule has 1 aromatic rings. The van der Waals surface area contributed by atoms with Crippen LogP contribution in [0.25, 0.3) is 0 Å². The molecule has 0 aromatic carbocycles. The fourth-order valence-electron chi connectivity index (χ4n) is 0.617. The van der Waals surface area contributed by atoms with Gasteiger partial charge in [0.1, 0.15) is 16.3 Å². The van der Waals surface area contributed by atoms with Gasteiger partial charge in [0.25, 0.3) is 0 Å². The van der Waals surface area contributed by atoms with E-state index in [2.05, 4.69) is 9.97 Å². The number of rotatable bonds is 0. The predicted octanol–water partition coefficient (Wildman–Crippen LogP) is 1.32. The van der Waals surface area contributed by atoms with Crippen LogP contribution in [0.1, 0.15) is 11.3 Å². The van der Waals surface area contributed by atoms with Crippen molar-refractivity contribution in [2.24, 2.45) is 0 Å². The summed E-state index contributed by atoms with van der Waals surface area (Å²) in [5.74, 6) is 0. The summed E-state index contributed by atoms with van der Waals surface area (Å²) in [5.41, 5.74) is 1.22. The van der Waals surface area contributed by atoms with Crippen molar-refractivity contribution >= 4 is 12.2 Å². The quantitative estimate of drug-likeness (QED) is 0.569. The van der Waals surface area contributed by atoms with E-state index in [4.69, 9.17) is 17.5 Å². The lowest BCUT2D eigenvalue weighted by Gasteiger charge is -1.92. The van der Waals surface area contributed by atoms with E-state index in [-0.39, 0.29) is 0 Å². The zero-order chi connectivity index (χ0) is 7.56. The van der Waals surface area contributed by atoms with Crippen LogP contribution in [0.4, 0.5) is 0 Å². The summed E-state index contributed by atoms with van der Waals surface area (Å²) in [6.07, 6.45) is 1.48. The molecule has 1 rings (SSSR count). The zero-order valence-corrected chi connectivity index (χ0v) is 6.20. The van der Waals surface area contributed by atoms with Crippen LogP contribution in [0.15, 0.2) is 6.33 Å². The highest BCUT2D eigenvalue weighted by Crippen LogP contribution is 2.00. The molecule has 10 heavy (non-hydrogen) atoms. The van der Waals surface area contributed by atoms with E-state index >= 15 is 0 Å². The zero-order valence-electron chi connectivity index (χ0n) is 5.38. The molecule has 0 aliphatic rings. The van der Waals surface area contributed by atoms with Gasteiger partial charge in [-0.25, -0.2) is 4.98 Å². The SMILES string of the molecule is Cc1[nH]cnc(=S)c1C#N. The Morgan fingerprint density at radius 1 is 1.80 bits per heavy atom. The maximum Gasteiger partial charge on any atom is 0.147 e. The van der Waals surface area contributed by atoms with Crippen molar-refractivity contribution in [3.63, 3.8) is 0 Å². The Morgan fingerprint density at radius 3 is 2.90 bits per heavy atom. The molecule has 3 nitrogen and oxygen atoms in total. The van der Waals surface area contributed by atoms with Crippen molar-refractivity contribution in [3.05, 3.63) is 22.2 Å². The van der Waals surface area contributed by atoms with E-state index in [1.165, 1.54) is 6.33 Å². The maximum absolute atomic E-state index is 8.52. The number of nitrogens with one attached hydrogen (secondary N) is 1. The van der Waals surface area contributed by atoms with E-state index in [0.29, 0.717) is 10.2 Å². The molecule has 0 spiro atoms. The first kappa shape index (κ1) is 6.90. The van der Waals surface area contributed by atoms with Crippen molar-refractivity contribution in [1.29, 1.82) is 5.26 Å². The molecule has 50 valence electrons. The third-order valence-corrected chi connectivity index (χ3v) is 1.47. The van der Waals surface area contributed by atoms with Crippen molar-refractivity contribution in [2.45, 2.75) is 6.92 Å². The average molecular weight is 151 g/mol. The molecule has 1 N–H and O–H groups in total. The molecule has 0 radical (unpaired) electrons. The minimum absolute atomic E-state index is 0.360. The summed E-state index contributed by atoms with van der Waals surface area (Å²) in [6, 6.07) is 1.97. The number of aromatic nitrogens is 2. The molecular formula is C6H5N3S. The average Bonchev–Trinajstić information content (AvgIpc) is 1.88. The number of nitrogens with zero attached hydrogens (tertiary/aromatic N) is 2. The van der Waals surface area contributed by atoms with Gasteiger partial charge >= 0.3 is 0 Å². The third-order valence-electron chi connectivity index (χ3n) is 1.16. The first-order valence-corrected chi connectivity index (χ1v) is 3.11. The topological polar surface area (TPSA) is 52.5 Å². The lowest BCUT2D eigenvalue weighted by atomic mass is 10.3. The smallest absolute Gasteiger partial charge is 0.147 e.